The van der Waals surface area contributed by atoms with E-state index in [9.17, 15) is 19.5 Å². The third kappa shape index (κ3) is 4.01. The summed E-state index contributed by atoms with van der Waals surface area (Å²) >= 11 is 3.31. The minimum atomic E-state index is -0.979. The molecule has 0 amide bonds. The molecule has 2 aliphatic rings. The van der Waals surface area contributed by atoms with E-state index in [1.807, 2.05) is 6.92 Å². The Bertz CT molecular complexity index is 1040. The van der Waals surface area contributed by atoms with Crippen LogP contribution in [0.4, 0.5) is 0 Å². The highest BCUT2D eigenvalue weighted by Crippen LogP contribution is 2.48. The fraction of sp³-hybridized carbons (Fsp3) is 0.435. The summed E-state index contributed by atoms with van der Waals surface area (Å²) in [5.41, 5.74) is 2.33. The van der Waals surface area contributed by atoms with Crippen LogP contribution in [0.1, 0.15) is 38.7 Å². The average Bonchev–Trinajstić information content (AvgIpc) is 2.74. The van der Waals surface area contributed by atoms with Crippen LogP contribution in [-0.4, -0.2) is 43.7 Å². The van der Waals surface area contributed by atoms with Crippen molar-refractivity contribution in [2.24, 2.45) is 11.8 Å². The first-order valence-electron chi connectivity index (χ1n) is 10.2. The highest BCUT2D eigenvalue weighted by atomic mass is 79.9. The molecule has 1 aliphatic carbocycles. The predicted molar refractivity (Wildman–Crippen MR) is 119 cm³/mol. The lowest BCUT2D eigenvalue weighted by Gasteiger charge is -2.38. The smallest absolute Gasteiger partial charge is 0.336 e. The van der Waals surface area contributed by atoms with Crippen molar-refractivity contribution in [1.29, 1.82) is 0 Å². The van der Waals surface area contributed by atoms with E-state index in [0.717, 1.165) is 0 Å². The molecule has 1 aromatic carbocycles. The number of carbonyl (C=O) groups excluding carboxylic acids is 3. The average molecular weight is 508 g/mol. The van der Waals surface area contributed by atoms with E-state index in [-0.39, 0.29) is 29.6 Å². The summed E-state index contributed by atoms with van der Waals surface area (Å²) < 4.78 is 15.8. The lowest BCUT2D eigenvalue weighted by Crippen LogP contribution is -2.43. The number of benzene rings is 1. The number of Topliss-reactive ketones (excluding diaryl/α,β-unsaturated/α-hetero) is 1. The molecule has 172 valence electrons. The van der Waals surface area contributed by atoms with Crippen molar-refractivity contribution in [2.45, 2.75) is 33.1 Å². The van der Waals surface area contributed by atoms with Gasteiger partial charge in [0.2, 0.25) is 0 Å². The molecular formula is C23H26BrNO7. The SMILES string of the molecule is CCOC(=O)C1=C(C)NC2=C(C(=O)[C@H](C(=O)OC)[C@@H](C)C2)[C@@H]1c1cc(Br)c(O)c(OC)c1. The first-order valence-corrected chi connectivity index (χ1v) is 11.0. The predicted octanol–water partition coefficient (Wildman–Crippen LogP) is 3.34. The molecule has 3 atom stereocenters. The van der Waals surface area contributed by atoms with Crippen LogP contribution in [0.3, 0.4) is 0 Å². The quantitative estimate of drug-likeness (QED) is 0.461. The molecule has 32 heavy (non-hydrogen) atoms. The van der Waals surface area contributed by atoms with Gasteiger partial charge in [-0.2, -0.15) is 0 Å². The van der Waals surface area contributed by atoms with Crippen LogP contribution in [0, 0.1) is 11.8 Å². The molecule has 0 aromatic heterocycles. The molecule has 0 saturated carbocycles. The number of hydrogen-bond donors (Lipinski definition) is 2. The molecular weight excluding hydrogens is 482 g/mol. The summed E-state index contributed by atoms with van der Waals surface area (Å²) in [5, 5.41) is 13.5. The number of aromatic hydroxyl groups is 1. The number of ether oxygens (including phenoxy) is 3. The number of phenolic OH excluding ortho intramolecular Hbond substituents is 1. The summed E-state index contributed by atoms with van der Waals surface area (Å²) in [4.78, 5) is 39.0. The number of methoxy groups -OCH3 is 2. The molecule has 0 bridgehead atoms. The highest BCUT2D eigenvalue weighted by Gasteiger charge is 2.47. The number of phenols is 1. The second-order valence-electron chi connectivity index (χ2n) is 7.81. The molecule has 8 nitrogen and oxygen atoms in total. The monoisotopic (exact) mass is 507 g/mol. The van der Waals surface area contributed by atoms with Gasteiger partial charge in [-0.05, 0) is 59.8 Å². The highest BCUT2D eigenvalue weighted by molar-refractivity contribution is 9.10. The number of esters is 2. The summed E-state index contributed by atoms with van der Waals surface area (Å²) in [6.45, 7) is 5.43. The van der Waals surface area contributed by atoms with E-state index in [2.05, 4.69) is 21.2 Å². The van der Waals surface area contributed by atoms with Crippen molar-refractivity contribution < 1.29 is 33.7 Å². The minimum Gasteiger partial charge on any atom is -0.503 e. The largest absolute Gasteiger partial charge is 0.503 e. The van der Waals surface area contributed by atoms with Crippen molar-refractivity contribution >= 4 is 33.7 Å². The van der Waals surface area contributed by atoms with Crippen LogP contribution < -0.4 is 10.1 Å². The molecule has 1 heterocycles. The van der Waals surface area contributed by atoms with Crippen molar-refractivity contribution in [3.63, 3.8) is 0 Å². The van der Waals surface area contributed by atoms with E-state index in [1.54, 1.807) is 26.0 Å². The zero-order chi connectivity index (χ0) is 23.7. The van der Waals surface area contributed by atoms with Crippen LogP contribution in [0.5, 0.6) is 11.5 Å². The normalized spacial score (nSPS) is 22.8. The standard InChI is InChI=1S/C23H26BrNO7/c1-6-32-23(29)17-11(3)25-14-7-10(2)16(22(28)31-5)21(27)19(14)18(17)12-8-13(24)20(26)15(9-12)30-4/h8-10,16,18,25-26H,6-7H2,1-5H3/t10-,16+,18+/m0/s1. The van der Waals surface area contributed by atoms with Crippen molar-refractivity contribution in [3.8, 4) is 11.5 Å². The third-order valence-corrected chi connectivity index (χ3v) is 6.45. The van der Waals surface area contributed by atoms with Gasteiger partial charge in [-0.15, -0.1) is 0 Å². The fourth-order valence-electron chi connectivity index (χ4n) is 4.41. The Labute approximate surface area is 194 Å². The molecule has 1 aromatic rings. The van der Waals surface area contributed by atoms with Crippen LogP contribution in [0.2, 0.25) is 0 Å². The summed E-state index contributed by atoms with van der Waals surface area (Å²) in [5.74, 6) is -3.58. The first kappa shape index (κ1) is 23.8. The van der Waals surface area contributed by atoms with E-state index in [4.69, 9.17) is 14.2 Å². The topological polar surface area (TPSA) is 111 Å². The van der Waals surface area contributed by atoms with Crippen molar-refractivity contribution in [3.05, 3.63) is 44.7 Å². The number of dihydropyridines is 1. The number of hydrogen-bond acceptors (Lipinski definition) is 8. The zero-order valence-corrected chi connectivity index (χ0v) is 20.2. The van der Waals surface area contributed by atoms with Crippen LogP contribution >= 0.6 is 15.9 Å². The second kappa shape index (κ2) is 9.36. The Morgan fingerprint density at radius 1 is 1.28 bits per heavy atom. The number of carbonyl (C=O) groups is 3. The Morgan fingerprint density at radius 3 is 2.56 bits per heavy atom. The van der Waals surface area contributed by atoms with E-state index < -0.39 is 29.6 Å². The van der Waals surface area contributed by atoms with Gasteiger partial charge < -0.3 is 24.6 Å². The van der Waals surface area contributed by atoms with Gasteiger partial charge in [0.15, 0.2) is 17.3 Å². The first-order chi connectivity index (χ1) is 15.2. The van der Waals surface area contributed by atoms with Crippen LogP contribution in [0.15, 0.2) is 39.1 Å². The lowest BCUT2D eigenvalue weighted by atomic mass is 9.69. The summed E-state index contributed by atoms with van der Waals surface area (Å²) in [6.07, 6.45) is 0.432. The van der Waals surface area contributed by atoms with Gasteiger partial charge >= 0.3 is 11.9 Å². The van der Waals surface area contributed by atoms with E-state index in [0.29, 0.717) is 33.4 Å². The van der Waals surface area contributed by atoms with Crippen LogP contribution in [-0.2, 0) is 23.9 Å². The third-order valence-electron chi connectivity index (χ3n) is 5.84. The van der Waals surface area contributed by atoms with Gasteiger partial charge in [0, 0.05) is 22.9 Å². The van der Waals surface area contributed by atoms with Gasteiger partial charge in [0.25, 0.3) is 0 Å². The molecule has 0 radical (unpaired) electrons. The van der Waals surface area contributed by atoms with E-state index in [1.165, 1.54) is 14.2 Å². The molecule has 0 unspecified atom stereocenters. The Balaban J connectivity index is 2.26. The summed E-state index contributed by atoms with van der Waals surface area (Å²) in [6, 6.07) is 3.20. The molecule has 0 spiro atoms. The Kier molecular flexibility index (Phi) is 6.97. The number of nitrogens with one attached hydrogen (secondary N) is 1. The summed E-state index contributed by atoms with van der Waals surface area (Å²) in [7, 11) is 2.66. The van der Waals surface area contributed by atoms with Gasteiger partial charge in [0.1, 0.15) is 5.92 Å². The Hall–Kier alpha value is -2.81. The fourth-order valence-corrected chi connectivity index (χ4v) is 4.87. The minimum absolute atomic E-state index is 0.103. The van der Waals surface area contributed by atoms with Crippen LogP contribution in [0.25, 0.3) is 0 Å². The molecule has 0 fully saturated rings. The zero-order valence-electron chi connectivity index (χ0n) is 18.6. The maximum atomic E-state index is 13.6. The van der Waals surface area contributed by atoms with Gasteiger partial charge in [-0.3, -0.25) is 9.59 Å². The molecule has 1 aliphatic heterocycles. The molecule has 9 heteroatoms. The molecule has 0 saturated heterocycles. The number of allylic oxidation sites excluding steroid dienone is 3. The lowest BCUT2D eigenvalue weighted by molar-refractivity contribution is -0.151. The molecule has 3 rings (SSSR count). The number of ketones is 1. The van der Waals surface area contributed by atoms with E-state index >= 15 is 0 Å². The van der Waals surface area contributed by atoms with Crippen molar-refractivity contribution in [1.82, 2.24) is 5.32 Å². The second-order valence-corrected chi connectivity index (χ2v) is 8.66. The number of rotatable bonds is 5. The van der Waals surface area contributed by atoms with Gasteiger partial charge in [-0.25, -0.2) is 4.79 Å². The number of halogens is 1. The Morgan fingerprint density at radius 2 is 1.97 bits per heavy atom. The van der Waals surface area contributed by atoms with Gasteiger partial charge in [-0.1, -0.05) is 6.92 Å². The maximum Gasteiger partial charge on any atom is 0.336 e. The van der Waals surface area contributed by atoms with Crippen molar-refractivity contribution in [2.75, 3.05) is 20.8 Å². The maximum absolute atomic E-state index is 13.6. The van der Waals surface area contributed by atoms with Gasteiger partial charge in [0.05, 0.1) is 30.9 Å². The molecule has 2 N–H and O–H groups in total.